The van der Waals surface area contributed by atoms with E-state index in [4.69, 9.17) is 16.2 Å². The van der Waals surface area contributed by atoms with Gasteiger partial charge < -0.3 is 16.2 Å². The van der Waals surface area contributed by atoms with E-state index in [1.54, 1.807) is 6.20 Å². The fourth-order valence-corrected chi connectivity index (χ4v) is 1.02. The Hall–Kier alpha value is -1.46. The van der Waals surface area contributed by atoms with E-state index in [0.717, 1.165) is 5.69 Å². The molecule has 15 heavy (non-hydrogen) atoms. The highest BCUT2D eigenvalue weighted by atomic mass is 16.5. The molecule has 5 nitrogen and oxygen atoms in total. The number of hydrogen-bond acceptors (Lipinski definition) is 4. The molecule has 0 aliphatic rings. The van der Waals surface area contributed by atoms with Crippen molar-refractivity contribution in [1.82, 2.24) is 4.98 Å². The Bertz CT molecular complexity index is 303. The molecule has 1 atom stereocenters. The highest BCUT2D eigenvalue weighted by Gasteiger charge is 2.08. The molecule has 0 saturated heterocycles. The Kier molecular flexibility index (Phi) is 4.73. The van der Waals surface area contributed by atoms with E-state index in [9.17, 15) is 4.79 Å². The van der Waals surface area contributed by atoms with Gasteiger partial charge in [0.05, 0.1) is 13.2 Å². The SMILES string of the molecule is NC(=O)C(N)COCCc1ccccn1. The van der Waals surface area contributed by atoms with Crippen LogP contribution in [0.1, 0.15) is 5.69 Å². The number of rotatable bonds is 6. The number of carbonyl (C=O) groups is 1. The van der Waals surface area contributed by atoms with Crippen molar-refractivity contribution in [2.45, 2.75) is 12.5 Å². The van der Waals surface area contributed by atoms with Crippen LogP contribution in [0.3, 0.4) is 0 Å². The summed E-state index contributed by atoms with van der Waals surface area (Å²) in [6.45, 7) is 0.639. The standard InChI is InChI=1S/C10H15N3O2/c11-9(10(12)14)7-15-6-4-8-3-1-2-5-13-8/h1-3,5,9H,4,6-7,11H2,(H2,12,14). The van der Waals surface area contributed by atoms with Gasteiger partial charge in [-0.25, -0.2) is 0 Å². The Morgan fingerprint density at radius 3 is 2.93 bits per heavy atom. The second-order valence-corrected chi connectivity index (χ2v) is 3.15. The Morgan fingerprint density at radius 2 is 2.33 bits per heavy atom. The summed E-state index contributed by atoms with van der Waals surface area (Å²) < 4.78 is 5.19. The minimum absolute atomic E-state index is 0.155. The fourth-order valence-electron chi connectivity index (χ4n) is 1.02. The molecule has 1 heterocycles. The van der Waals surface area contributed by atoms with Crippen molar-refractivity contribution in [3.05, 3.63) is 30.1 Å². The number of nitrogens with two attached hydrogens (primary N) is 2. The molecule has 1 aromatic rings. The van der Waals surface area contributed by atoms with Crippen LogP contribution in [0.15, 0.2) is 24.4 Å². The average Bonchev–Trinajstić information content (AvgIpc) is 2.25. The topological polar surface area (TPSA) is 91.2 Å². The van der Waals surface area contributed by atoms with Crippen molar-refractivity contribution >= 4 is 5.91 Å². The average molecular weight is 209 g/mol. The van der Waals surface area contributed by atoms with Gasteiger partial charge in [0, 0.05) is 18.3 Å². The molecule has 82 valence electrons. The summed E-state index contributed by atoms with van der Waals surface area (Å²) >= 11 is 0. The second-order valence-electron chi connectivity index (χ2n) is 3.15. The Balaban J connectivity index is 2.15. The number of pyridine rings is 1. The zero-order valence-corrected chi connectivity index (χ0v) is 8.43. The zero-order chi connectivity index (χ0) is 11.1. The van der Waals surface area contributed by atoms with Crippen molar-refractivity contribution < 1.29 is 9.53 Å². The summed E-state index contributed by atoms with van der Waals surface area (Å²) in [6, 6.07) is 4.95. The molecule has 5 heteroatoms. The highest BCUT2D eigenvalue weighted by Crippen LogP contribution is 1.95. The molecule has 0 fully saturated rings. The van der Waals surface area contributed by atoms with Crippen LogP contribution in [-0.2, 0) is 16.0 Å². The van der Waals surface area contributed by atoms with Crippen molar-refractivity contribution in [3.63, 3.8) is 0 Å². The maximum absolute atomic E-state index is 10.6. The molecule has 1 aromatic heterocycles. The Labute approximate surface area is 88.4 Å². The number of primary amides is 1. The van der Waals surface area contributed by atoms with Gasteiger partial charge in [0.1, 0.15) is 6.04 Å². The highest BCUT2D eigenvalue weighted by molar-refractivity contribution is 5.79. The molecule has 0 aliphatic heterocycles. The van der Waals surface area contributed by atoms with E-state index >= 15 is 0 Å². The zero-order valence-electron chi connectivity index (χ0n) is 8.43. The van der Waals surface area contributed by atoms with Gasteiger partial charge in [-0.2, -0.15) is 0 Å². The predicted octanol–water partition coefficient (Wildman–Crippen LogP) is -0.547. The van der Waals surface area contributed by atoms with Gasteiger partial charge in [0.25, 0.3) is 0 Å². The summed E-state index contributed by atoms with van der Waals surface area (Å²) in [5.74, 6) is -0.548. The third-order valence-electron chi connectivity index (χ3n) is 1.89. The van der Waals surface area contributed by atoms with Crippen LogP contribution in [0.5, 0.6) is 0 Å². The molecule has 0 bridgehead atoms. The van der Waals surface area contributed by atoms with Gasteiger partial charge in [-0.3, -0.25) is 9.78 Å². The molecule has 0 aromatic carbocycles. The van der Waals surface area contributed by atoms with Crippen LogP contribution >= 0.6 is 0 Å². The molecule has 1 amide bonds. The van der Waals surface area contributed by atoms with Crippen LogP contribution in [0.2, 0.25) is 0 Å². The fraction of sp³-hybridized carbons (Fsp3) is 0.400. The molecule has 0 aliphatic carbocycles. The molecular formula is C10H15N3O2. The first-order valence-electron chi connectivity index (χ1n) is 4.72. The van der Waals surface area contributed by atoms with Crippen LogP contribution in [0.25, 0.3) is 0 Å². The molecule has 0 spiro atoms. The molecule has 1 unspecified atom stereocenters. The maximum Gasteiger partial charge on any atom is 0.236 e. The van der Waals surface area contributed by atoms with Crippen LogP contribution < -0.4 is 11.5 Å². The molecule has 4 N–H and O–H groups in total. The molecular weight excluding hydrogens is 194 g/mol. The van der Waals surface area contributed by atoms with Crippen molar-refractivity contribution in [3.8, 4) is 0 Å². The lowest BCUT2D eigenvalue weighted by atomic mass is 10.3. The maximum atomic E-state index is 10.6. The minimum atomic E-state index is -0.728. The van der Waals surface area contributed by atoms with Crippen molar-refractivity contribution in [2.75, 3.05) is 13.2 Å². The Morgan fingerprint density at radius 1 is 1.53 bits per heavy atom. The van der Waals surface area contributed by atoms with E-state index in [2.05, 4.69) is 4.98 Å². The summed E-state index contributed by atoms with van der Waals surface area (Å²) in [7, 11) is 0. The van der Waals surface area contributed by atoms with E-state index < -0.39 is 11.9 Å². The predicted molar refractivity (Wildman–Crippen MR) is 55.9 cm³/mol. The molecule has 1 rings (SSSR count). The number of amides is 1. The van der Waals surface area contributed by atoms with Crippen LogP contribution in [0, 0.1) is 0 Å². The first kappa shape index (κ1) is 11.6. The quantitative estimate of drug-likeness (QED) is 0.615. The second kappa shape index (κ2) is 6.10. The lowest BCUT2D eigenvalue weighted by Gasteiger charge is -2.07. The monoisotopic (exact) mass is 209 g/mol. The van der Waals surface area contributed by atoms with Gasteiger partial charge in [0.2, 0.25) is 5.91 Å². The van der Waals surface area contributed by atoms with Crippen LogP contribution in [-0.4, -0.2) is 30.1 Å². The number of ether oxygens (including phenoxy) is 1. The van der Waals surface area contributed by atoms with Crippen molar-refractivity contribution in [1.29, 1.82) is 0 Å². The largest absolute Gasteiger partial charge is 0.379 e. The number of carbonyl (C=O) groups excluding carboxylic acids is 1. The lowest BCUT2D eigenvalue weighted by molar-refractivity contribution is -0.120. The van der Waals surface area contributed by atoms with E-state index in [1.807, 2.05) is 18.2 Å². The summed E-state index contributed by atoms with van der Waals surface area (Å²) in [4.78, 5) is 14.7. The molecule has 0 radical (unpaired) electrons. The van der Waals surface area contributed by atoms with E-state index in [1.165, 1.54) is 0 Å². The van der Waals surface area contributed by atoms with Crippen molar-refractivity contribution in [2.24, 2.45) is 11.5 Å². The van der Waals surface area contributed by atoms with E-state index in [0.29, 0.717) is 13.0 Å². The summed E-state index contributed by atoms with van der Waals surface area (Å²) in [6.07, 6.45) is 2.43. The van der Waals surface area contributed by atoms with Gasteiger partial charge in [-0.15, -0.1) is 0 Å². The number of hydrogen-bond donors (Lipinski definition) is 2. The first-order chi connectivity index (χ1) is 7.20. The normalized spacial score (nSPS) is 12.3. The smallest absolute Gasteiger partial charge is 0.236 e. The summed E-state index contributed by atoms with van der Waals surface area (Å²) in [5, 5.41) is 0. The van der Waals surface area contributed by atoms with E-state index in [-0.39, 0.29) is 6.61 Å². The summed E-state index contributed by atoms with van der Waals surface area (Å²) in [5.41, 5.74) is 11.3. The third kappa shape index (κ3) is 4.53. The minimum Gasteiger partial charge on any atom is -0.379 e. The lowest BCUT2D eigenvalue weighted by Crippen LogP contribution is -2.40. The number of aromatic nitrogens is 1. The van der Waals surface area contributed by atoms with Gasteiger partial charge in [0.15, 0.2) is 0 Å². The van der Waals surface area contributed by atoms with Gasteiger partial charge in [-0.05, 0) is 12.1 Å². The molecule has 0 saturated carbocycles. The number of nitrogens with zero attached hydrogens (tertiary/aromatic N) is 1. The van der Waals surface area contributed by atoms with Gasteiger partial charge >= 0.3 is 0 Å². The third-order valence-corrected chi connectivity index (χ3v) is 1.89. The van der Waals surface area contributed by atoms with Gasteiger partial charge in [-0.1, -0.05) is 6.07 Å². The first-order valence-corrected chi connectivity index (χ1v) is 4.72. The van der Waals surface area contributed by atoms with Crippen LogP contribution in [0.4, 0.5) is 0 Å².